The highest BCUT2D eigenvalue weighted by Crippen LogP contribution is 2.67. The molecule has 3 N–H and O–H groups in total. The van der Waals surface area contributed by atoms with Crippen molar-refractivity contribution in [2.24, 2.45) is 28.6 Å². The molecule has 1 amide bonds. The number of Topliss-reactive ketones (excluding diaryl/α,β-unsaturated/α-hetero) is 1. The van der Waals surface area contributed by atoms with Crippen LogP contribution in [0, 0.1) is 28.6 Å². The maximum absolute atomic E-state index is 13.4. The monoisotopic (exact) mass is 581 g/mol. The molecule has 7 atom stereocenters. The van der Waals surface area contributed by atoms with Crippen LogP contribution >= 0.6 is 0 Å². The Bertz CT molecular complexity index is 1270. The number of aliphatic hydroxyl groups excluding tert-OH is 1. The predicted molar refractivity (Wildman–Crippen MR) is 153 cm³/mol. The second-order valence-electron chi connectivity index (χ2n) is 13.2. The molecule has 1 aromatic rings. The van der Waals surface area contributed by atoms with Gasteiger partial charge in [-0.15, -0.1) is 0 Å². The summed E-state index contributed by atoms with van der Waals surface area (Å²) < 4.78 is 10.3. The molecule has 0 aromatic heterocycles. The van der Waals surface area contributed by atoms with E-state index in [1.165, 1.54) is 0 Å². The summed E-state index contributed by atoms with van der Waals surface area (Å²) in [6.07, 6.45) is 4.81. The lowest BCUT2D eigenvalue weighted by Gasteiger charge is -2.60. The highest BCUT2D eigenvalue weighted by molar-refractivity contribution is 5.92. The highest BCUT2D eigenvalue weighted by atomic mass is 16.5. The van der Waals surface area contributed by atoms with Crippen LogP contribution in [0.2, 0.25) is 0 Å². The first-order chi connectivity index (χ1) is 19.9. The number of ether oxygens (including phenoxy) is 2. The molecule has 5 rings (SSSR count). The Labute approximate surface area is 247 Å². The van der Waals surface area contributed by atoms with Crippen LogP contribution in [0.15, 0.2) is 35.9 Å². The fourth-order valence-corrected chi connectivity index (χ4v) is 8.74. The number of hydrogen-bond donors (Lipinski definition) is 3. The van der Waals surface area contributed by atoms with E-state index < -0.39 is 35.5 Å². The minimum Gasteiger partial charge on any atom is -0.497 e. The van der Waals surface area contributed by atoms with Crippen LogP contribution in [-0.2, 0) is 30.5 Å². The third-order valence-electron chi connectivity index (χ3n) is 11.1. The number of aliphatic hydroxyl groups is 2. The minimum absolute atomic E-state index is 0.0187. The van der Waals surface area contributed by atoms with Crippen molar-refractivity contribution in [3.63, 3.8) is 0 Å². The van der Waals surface area contributed by atoms with E-state index in [-0.39, 0.29) is 60.5 Å². The molecular formula is C33H43NO8. The number of esters is 1. The highest BCUT2D eigenvalue weighted by Gasteiger charge is 2.68. The van der Waals surface area contributed by atoms with Gasteiger partial charge in [0.15, 0.2) is 12.4 Å². The number of carbonyl (C=O) groups excluding carboxylic acids is 4. The second-order valence-corrected chi connectivity index (χ2v) is 13.2. The first kappa shape index (κ1) is 30.4. The Morgan fingerprint density at radius 2 is 1.79 bits per heavy atom. The third-order valence-corrected chi connectivity index (χ3v) is 11.1. The van der Waals surface area contributed by atoms with Gasteiger partial charge in [-0.1, -0.05) is 31.6 Å². The molecular weight excluding hydrogens is 538 g/mol. The number of allylic oxidation sites excluding steroid dienone is 1. The van der Waals surface area contributed by atoms with Gasteiger partial charge in [-0.25, -0.2) is 0 Å². The molecule has 9 nitrogen and oxygen atoms in total. The summed E-state index contributed by atoms with van der Waals surface area (Å²) >= 11 is 0. The third kappa shape index (κ3) is 5.30. The summed E-state index contributed by atoms with van der Waals surface area (Å²) in [6.45, 7) is 3.81. The summed E-state index contributed by atoms with van der Waals surface area (Å²) in [5.74, 6) is -0.518. The summed E-state index contributed by atoms with van der Waals surface area (Å²) in [4.78, 5) is 50.1. The SMILES string of the molecule is COc1ccc(CNC(=O)CCC(=O)OCC(=O)[C@@]2(O)CC[C@@H]3[C@@H]4CCC5=CC(=O)CC[C@]5(C)[C@@H]4[C@H](O)C[C@@]32C)cc1. The number of fused-ring (bicyclic) bond motifs is 5. The van der Waals surface area contributed by atoms with E-state index in [2.05, 4.69) is 12.2 Å². The van der Waals surface area contributed by atoms with Gasteiger partial charge in [0.05, 0.1) is 19.6 Å². The van der Waals surface area contributed by atoms with Crippen molar-refractivity contribution in [2.45, 2.75) is 89.9 Å². The number of methoxy groups -OCH3 is 1. The molecule has 1 aromatic carbocycles. The van der Waals surface area contributed by atoms with Crippen molar-refractivity contribution >= 4 is 23.4 Å². The average molecular weight is 582 g/mol. The largest absolute Gasteiger partial charge is 0.497 e. The van der Waals surface area contributed by atoms with Crippen molar-refractivity contribution in [3.05, 3.63) is 41.5 Å². The van der Waals surface area contributed by atoms with E-state index in [9.17, 15) is 29.4 Å². The smallest absolute Gasteiger partial charge is 0.306 e. The molecule has 0 saturated heterocycles. The molecule has 3 fully saturated rings. The molecule has 9 heteroatoms. The van der Waals surface area contributed by atoms with Gasteiger partial charge in [0, 0.05) is 24.8 Å². The lowest BCUT2D eigenvalue weighted by molar-refractivity contribution is -0.184. The fraction of sp³-hybridized carbons (Fsp3) is 0.636. The number of rotatable bonds is 9. The van der Waals surface area contributed by atoms with Gasteiger partial charge in [0.2, 0.25) is 11.7 Å². The summed E-state index contributed by atoms with van der Waals surface area (Å²) in [5.41, 5.74) is -0.784. The second kappa shape index (κ2) is 11.6. The van der Waals surface area contributed by atoms with Crippen LogP contribution in [-0.4, -0.2) is 59.1 Å². The van der Waals surface area contributed by atoms with Gasteiger partial charge in [-0.2, -0.15) is 0 Å². The maximum Gasteiger partial charge on any atom is 0.306 e. The molecule has 4 aliphatic carbocycles. The number of amides is 1. The van der Waals surface area contributed by atoms with Crippen molar-refractivity contribution in [2.75, 3.05) is 13.7 Å². The van der Waals surface area contributed by atoms with Crippen molar-refractivity contribution in [3.8, 4) is 5.75 Å². The fourth-order valence-electron chi connectivity index (χ4n) is 8.74. The van der Waals surface area contributed by atoms with Crippen molar-refractivity contribution in [1.82, 2.24) is 5.32 Å². The Morgan fingerprint density at radius 3 is 2.50 bits per heavy atom. The number of ketones is 2. The van der Waals surface area contributed by atoms with E-state index in [1.54, 1.807) is 25.3 Å². The number of nitrogens with one attached hydrogen (secondary N) is 1. The molecule has 0 bridgehead atoms. The number of benzene rings is 1. The molecule has 0 unspecified atom stereocenters. The van der Waals surface area contributed by atoms with Gasteiger partial charge in [-0.05, 0) is 85.5 Å². The molecule has 0 radical (unpaired) electrons. The average Bonchev–Trinajstić information content (AvgIpc) is 3.24. The van der Waals surface area contributed by atoms with Crippen molar-refractivity contribution in [1.29, 1.82) is 0 Å². The van der Waals surface area contributed by atoms with Crippen LogP contribution in [0.4, 0.5) is 0 Å². The molecule has 228 valence electrons. The van der Waals surface area contributed by atoms with Gasteiger partial charge in [0.1, 0.15) is 11.4 Å². The standard InChI is InChI=1S/C33H43NO8/c1-31-14-12-22(35)16-21(31)6-9-24-25-13-15-33(40,32(25,2)17-26(36)30(24)31)27(37)19-42-29(39)11-10-28(38)34-18-20-4-7-23(41-3)8-5-20/h4-5,7-8,16,24-26,30,36,40H,6,9-15,17-19H2,1-3H3,(H,34,38)/t24-,25+,26+,30-,31-,32-,33-/m0/s1. The van der Waals surface area contributed by atoms with E-state index in [0.29, 0.717) is 19.4 Å². The minimum atomic E-state index is -1.71. The van der Waals surface area contributed by atoms with E-state index >= 15 is 0 Å². The normalized spacial score (nSPS) is 35.3. The Kier molecular flexibility index (Phi) is 8.38. The van der Waals surface area contributed by atoms with Gasteiger partial charge >= 0.3 is 5.97 Å². The van der Waals surface area contributed by atoms with Crippen LogP contribution in [0.5, 0.6) is 5.75 Å². The van der Waals surface area contributed by atoms with Gasteiger partial charge < -0.3 is 25.0 Å². The zero-order chi connectivity index (χ0) is 30.3. The van der Waals surface area contributed by atoms with Crippen LogP contribution < -0.4 is 10.1 Å². The molecule has 0 aliphatic heterocycles. The van der Waals surface area contributed by atoms with Crippen molar-refractivity contribution < 1.29 is 38.9 Å². The topological polar surface area (TPSA) is 139 Å². The maximum atomic E-state index is 13.4. The van der Waals surface area contributed by atoms with Gasteiger partial charge in [-0.3, -0.25) is 19.2 Å². The van der Waals surface area contributed by atoms with E-state index in [0.717, 1.165) is 36.1 Å². The number of hydrogen-bond acceptors (Lipinski definition) is 8. The lowest BCUT2D eigenvalue weighted by atomic mass is 9.45. The molecule has 3 saturated carbocycles. The first-order valence-corrected chi connectivity index (χ1v) is 15.1. The Balaban J connectivity index is 1.15. The van der Waals surface area contributed by atoms with Crippen LogP contribution in [0.1, 0.15) is 77.2 Å². The quantitative estimate of drug-likeness (QED) is 0.377. The molecule has 0 heterocycles. The molecule has 42 heavy (non-hydrogen) atoms. The van der Waals surface area contributed by atoms with E-state index in [4.69, 9.17) is 9.47 Å². The molecule has 4 aliphatic rings. The van der Waals surface area contributed by atoms with Crippen LogP contribution in [0.25, 0.3) is 0 Å². The number of carbonyl (C=O) groups is 4. The zero-order valence-electron chi connectivity index (χ0n) is 24.8. The van der Waals surface area contributed by atoms with Crippen LogP contribution in [0.3, 0.4) is 0 Å². The van der Waals surface area contributed by atoms with Gasteiger partial charge in [0.25, 0.3) is 0 Å². The Morgan fingerprint density at radius 1 is 1.05 bits per heavy atom. The summed E-state index contributed by atoms with van der Waals surface area (Å²) in [5, 5.41) is 26.1. The Hall–Kier alpha value is -3.04. The summed E-state index contributed by atoms with van der Waals surface area (Å²) in [6, 6.07) is 7.27. The first-order valence-electron chi connectivity index (χ1n) is 15.1. The molecule has 0 spiro atoms. The predicted octanol–water partition coefficient (Wildman–Crippen LogP) is 3.44. The summed E-state index contributed by atoms with van der Waals surface area (Å²) in [7, 11) is 1.58. The zero-order valence-corrected chi connectivity index (χ0v) is 24.8. The van der Waals surface area contributed by atoms with E-state index in [1.807, 2.05) is 19.1 Å². The lowest BCUT2D eigenvalue weighted by Crippen LogP contribution is -2.62.